The first kappa shape index (κ1) is 17.4. The molecule has 2 aliphatic rings. The fraction of sp³-hybridized carbons (Fsp3) is 0.529. The van der Waals surface area contributed by atoms with Crippen molar-refractivity contribution in [2.45, 2.75) is 31.5 Å². The van der Waals surface area contributed by atoms with E-state index in [2.05, 4.69) is 21.2 Å². The van der Waals surface area contributed by atoms with Gasteiger partial charge in [0.05, 0.1) is 18.6 Å². The molecule has 2 unspecified atom stereocenters. The number of nitrogens with one attached hydrogen (secondary N) is 1. The molecule has 0 bridgehead atoms. The van der Waals surface area contributed by atoms with E-state index >= 15 is 0 Å². The zero-order valence-corrected chi connectivity index (χ0v) is 15.0. The van der Waals surface area contributed by atoms with Crippen LogP contribution in [-0.4, -0.2) is 65.0 Å². The average molecular weight is 396 g/mol. The minimum Gasteiger partial charge on any atom is -0.391 e. The van der Waals surface area contributed by atoms with E-state index in [1.807, 2.05) is 24.3 Å². The maximum atomic E-state index is 12.7. The Labute approximate surface area is 149 Å². The van der Waals surface area contributed by atoms with Crippen LogP contribution in [0, 0.1) is 0 Å². The number of carbonyl (C=O) groups is 2. The van der Waals surface area contributed by atoms with Gasteiger partial charge in [0.15, 0.2) is 0 Å². The molecule has 2 amide bonds. The average Bonchev–Trinajstić information content (AvgIpc) is 2.98. The van der Waals surface area contributed by atoms with Gasteiger partial charge in [-0.2, -0.15) is 0 Å². The predicted molar refractivity (Wildman–Crippen MR) is 93.2 cm³/mol. The highest BCUT2D eigenvalue weighted by Crippen LogP contribution is 2.17. The zero-order chi connectivity index (χ0) is 17.1. The van der Waals surface area contributed by atoms with E-state index in [-0.39, 0.29) is 18.2 Å². The monoisotopic (exact) mass is 395 g/mol. The van der Waals surface area contributed by atoms with Crippen LogP contribution in [0.2, 0.25) is 0 Å². The minimum absolute atomic E-state index is 0.0330. The molecule has 0 radical (unpaired) electrons. The molecule has 1 aromatic carbocycles. The van der Waals surface area contributed by atoms with Gasteiger partial charge in [-0.25, -0.2) is 0 Å². The number of β-amino-alcohol motifs (C(OH)–C–C–N with tert-alkyl or cyclic N) is 1. The van der Waals surface area contributed by atoms with Crippen LogP contribution in [0.1, 0.15) is 18.4 Å². The van der Waals surface area contributed by atoms with Crippen LogP contribution in [0.15, 0.2) is 28.7 Å². The Morgan fingerprint density at radius 3 is 2.92 bits per heavy atom. The molecular formula is C17H22BrN3O3. The number of rotatable bonds is 4. The third-order valence-corrected chi connectivity index (χ3v) is 5.03. The number of nitrogens with zero attached hydrogens (tertiary/aromatic N) is 2. The van der Waals surface area contributed by atoms with Crippen LogP contribution >= 0.6 is 15.9 Å². The highest BCUT2D eigenvalue weighted by Gasteiger charge is 2.33. The molecule has 2 heterocycles. The van der Waals surface area contributed by atoms with Gasteiger partial charge >= 0.3 is 0 Å². The summed E-state index contributed by atoms with van der Waals surface area (Å²) in [6.07, 6.45) is 0.338. The highest BCUT2D eigenvalue weighted by atomic mass is 79.9. The minimum atomic E-state index is -0.476. The number of hydrogen-bond acceptors (Lipinski definition) is 4. The van der Waals surface area contributed by atoms with Gasteiger partial charge in [-0.3, -0.25) is 9.59 Å². The molecule has 0 spiro atoms. The summed E-state index contributed by atoms with van der Waals surface area (Å²) in [5.74, 6) is -0.101. The maximum Gasteiger partial charge on any atom is 0.240 e. The molecule has 6 nitrogen and oxygen atoms in total. The van der Waals surface area contributed by atoms with Gasteiger partial charge in [0.2, 0.25) is 11.8 Å². The third kappa shape index (κ3) is 4.15. The van der Waals surface area contributed by atoms with Crippen molar-refractivity contribution in [3.05, 3.63) is 34.3 Å². The van der Waals surface area contributed by atoms with Gasteiger partial charge in [-0.15, -0.1) is 0 Å². The molecule has 0 aromatic heterocycles. The van der Waals surface area contributed by atoms with Crippen molar-refractivity contribution in [1.82, 2.24) is 15.1 Å². The number of amides is 2. The molecule has 24 heavy (non-hydrogen) atoms. The summed E-state index contributed by atoms with van der Waals surface area (Å²) in [5.41, 5.74) is 1.06. The second-order valence-corrected chi connectivity index (χ2v) is 7.30. The smallest absolute Gasteiger partial charge is 0.240 e. The second-order valence-electron chi connectivity index (χ2n) is 6.38. The van der Waals surface area contributed by atoms with Crippen LogP contribution in [0.4, 0.5) is 0 Å². The fourth-order valence-corrected chi connectivity index (χ4v) is 3.68. The second kappa shape index (κ2) is 7.63. The Morgan fingerprint density at radius 1 is 1.38 bits per heavy atom. The quantitative estimate of drug-likeness (QED) is 0.788. The highest BCUT2D eigenvalue weighted by molar-refractivity contribution is 9.10. The normalized spacial score (nSPS) is 24.5. The van der Waals surface area contributed by atoms with Crippen LogP contribution in [0.3, 0.4) is 0 Å². The molecule has 1 aromatic rings. The van der Waals surface area contributed by atoms with Crippen molar-refractivity contribution in [2.75, 3.05) is 26.2 Å². The summed E-state index contributed by atoms with van der Waals surface area (Å²) < 4.78 is 0.988. The number of piperazine rings is 1. The number of hydrogen-bond donors (Lipinski definition) is 2. The number of benzene rings is 1. The van der Waals surface area contributed by atoms with Gasteiger partial charge < -0.3 is 20.2 Å². The summed E-state index contributed by atoms with van der Waals surface area (Å²) >= 11 is 3.44. The Bertz CT molecular complexity index is 625. The lowest BCUT2D eigenvalue weighted by molar-refractivity contribution is -0.141. The van der Waals surface area contributed by atoms with Gasteiger partial charge in [0.25, 0.3) is 0 Å². The molecule has 2 saturated heterocycles. The van der Waals surface area contributed by atoms with E-state index in [4.69, 9.17) is 0 Å². The van der Waals surface area contributed by atoms with E-state index in [0.717, 1.165) is 10.0 Å². The van der Waals surface area contributed by atoms with Crippen molar-refractivity contribution >= 4 is 27.7 Å². The van der Waals surface area contributed by atoms with E-state index in [0.29, 0.717) is 39.1 Å². The molecular weight excluding hydrogens is 374 g/mol. The van der Waals surface area contributed by atoms with Crippen molar-refractivity contribution in [3.63, 3.8) is 0 Å². The lowest BCUT2D eigenvalue weighted by Gasteiger charge is -2.33. The maximum absolute atomic E-state index is 12.7. The van der Waals surface area contributed by atoms with E-state index in [9.17, 15) is 14.7 Å². The van der Waals surface area contributed by atoms with E-state index in [1.165, 1.54) is 0 Å². The summed E-state index contributed by atoms with van der Waals surface area (Å²) in [5, 5.41) is 12.7. The van der Waals surface area contributed by atoms with Crippen molar-refractivity contribution in [3.8, 4) is 0 Å². The van der Waals surface area contributed by atoms with Gasteiger partial charge in [-0.05, 0) is 24.1 Å². The number of likely N-dealkylation sites (tertiary alicyclic amines) is 1. The van der Waals surface area contributed by atoms with Gasteiger partial charge in [0.1, 0.15) is 0 Å². The van der Waals surface area contributed by atoms with Crippen molar-refractivity contribution < 1.29 is 14.7 Å². The first-order chi connectivity index (χ1) is 11.5. The Balaban J connectivity index is 1.59. The Kier molecular flexibility index (Phi) is 5.53. The summed E-state index contributed by atoms with van der Waals surface area (Å²) in [4.78, 5) is 28.4. The largest absolute Gasteiger partial charge is 0.391 e. The third-order valence-electron chi connectivity index (χ3n) is 4.54. The summed E-state index contributed by atoms with van der Waals surface area (Å²) in [7, 11) is 0. The fourth-order valence-electron chi connectivity index (χ4n) is 3.24. The van der Waals surface area contributed by atoms with Crippen molar-refractivity contribution in [1.29, 1.82) is 0 Å². The van der Waals surface area contributed by atoms with Crippen LogP contribution in [0.25, 0.3) is 0 Å². The lowest BCUT2D eigenvalue weighted by Crippen LogP contribution is -2.56. The Hall–Kier alpha value is -1.44. The molecule has 2 aliphatic heterocycles. The van der Waals surface area contributed by atoms with Crippen LogP contribution in [-0.2, 0) is 16.1 Å². The topological polar surface area (TPSA) is 72.9 Å². The first-order valence-electron chi connectivity index (χ1n) is 8.25. The first-order valence-corrected chi connectivity index (χ1v) is 9.04. The van der Waals surface area contributed by atoms with Crippen LogP contribution in [0.5, 0.6) is 0 Å². The molecule has 2 atom stereocenters. The molecule has 7 heteroatoms. The van der Waals surface area contributed by atoms with Gasteiger partial charge in [-0.1, -0.05) is 28.1 Å². The molecule has 2 fully saturated rings. The van der Waals surface area contributed by atoms with E-state index < -0.39 is 12.1 Å². The molecule has 130 valence electrons. The summed E-state index contributed by atoms with van der Waals surface area (Å²) in [6.45, 7) is 2.82. The number of halogens is 1. The number of aliphatic hydroxyl groups is 1. The molecule has 0 saturated carbocycles. The predicted octanol–water partition coefficient (Wildman–Crippen LogP) is 0.733. The Morgan fingerprint density at radius 2 is 2.21 bits per heavy atom. The molecule has 3 rings (SSSR count). The number of aliphatic hydroxyl groups excluding tert-OH is 1. The lowest BCUT2D eigenvalue weighted by atomic mass is 10.1. The van der Waals surface area contributed by atoms with E-state index in [1.54, 1.807) is 9.80 Å². The van der Waals surface area contributed by atoms with Crippen molar-refractivity contribution in [2.24, 2.45) is 0 Å². The molecule has 2 N–H and O–H groups in total. The SMILES string of the molecule is O=C(CC1NCCN(Cc2cccc(Br)c2)C1=O)N1CCC(O)C1. The molecule has 0 aliphatic carbocycles. The summed E-state index contributed by atoms with van der Waals surface area (Å²) in [6, 6.07) is 7.42. The zero-order valence-electron chi connectivity index (χ0n) is 13.4. The number of carbonyl (C=O) groups excluding carboxylic acids is 2. The van der Waals surface area contributed by atoms with Crippen LogP contribution < -0.4 is 5.32 Å². The standard InChI is InChI=1S/C17H22BrN3O3/c18-13-3-1-2-12(8-13)10-21-7-5-19-15(17(21)24)9-16(23)20-6-4-14(22)11-20/h1-3,8,14-15,19,22H,4-7,9-11H2. The van der Waals surface area contributed by atoms with Gasteiger partial charge in [0, 0.05) is 37.2 Å².